The molecule has 92 valence electrons. The molecule has 0 aliphatic rings. The zero-order valence-electron chi connectivity index (χ0n) is 12.5. The second-order valence-corrected chi connectivity index (χ2v) is 3.43. The zero-order valence-corrected chi connectivity index (χ0v) is 9.48. The van der Waals surface area contributed by atoms with E-state index in [1.165, 1.54) is 18.2 Å². The third-order valence-corrected chi connectivity index (χ3v) is 2.29. The van der Waals surface area contributed by atoms with Crippen LogP contribution >= 0.6 is 0 Å². The number of methoxy groups -OCH3 is 1. The molecule has 0 aliphatic heterocycles. The average molecular weight is 249 g/mol. The summed E-state index contributed by atoms with van der Waals surface area (Å²) in [5.41, 5.74) is -0.403. The van der Waals surface area contributed by atoms with Crippen molar-refractivity contribution in [3.05, 3.63) is 47.7 Å². The topological polar surface area (TPSA) is 52.1 Å². The molecule has 1 aromatic carbocycles. The minimum Gasteiger partial charge on any atom is -0.463 e. The Labute approximate surface area is 108 Å². The number of hydrogen-bond acceptors (Lipinski definition) is 4. The first-order valence-corrected chi connectivity index (χ1v) is 5.05. The Kier molecular flexibility index (Phi) is 2.39. The van der Waals surface area contributed by atoms with Gasteiger partial charge in [-0.25, -0.2) is 19.2 Å². The number of aryl methyl sites for hydroxylation is 1. The minimum absolute atomic E-state index is 0.0174. The fourth-order valence-corrected chi connectivity index (χ4v) is 1.43. The van der Waals surface area contributed by atoms with E-state index in [1.807, 2.05) is 0 Å². The number of nitrogens with zero attached hydrogens (tertiary/aromatic N) is 2. The van der Waals surface area contributed by atoms with E-state index in [-0.39, 0.29) is 22.6 Å². The van der Waals surface area contributed by atoms with E-state index < -0.39 is 18.6 Å². The van der Waals surface area contributed by atoms with Gasteiger partial charge in [0.25, 0.3) is 0 Å². The van der Waals surface area contributed by atoms with Gasteiger partial charge in [0.15, 0.2) is 0 Å². The first-order valence-electron chi connectivity index (χ1n) is 6.55. The van der Waals surface area contributed by atoms with E-state index in [0.717, 1.165) is 13.3 Å². The fraction of sp³-hybridized carbons (Fsp3) is 0.154. The Bertz CT molecular complexity index is 689. The summed E-state index contributed by atoms with van der Waals surface area (Å²) < 4.78 is 40.8. The molecule has 0 amide bonds. The van der Waals surface area contributed by atoms with E-state index in [0.29, 0.717) is 0 Å². The largest absolute Gasteiger partial charge is 0.463 e. The van der Waals surface area contributed by atoms with Gasteiger partial charge in [0, 0.05) is 15.9 Å². The summed E-state index contributed by atoms with van der Waals surface area (Å²) in [5.74, 6) is -1.80. The van der Waals surface area contributed by atoms with Crippen molar-refractivity contribution in [1.29, 1.82) is 0 Å². The third kappa shape index (κ3) is 2.20. The molecule has 0 N–H and O–H groups in total. The predicted octanol–water partition coefficient (Wildman–Crippen LogP) is 2.38. The number of carbonyl (C=O) groups excluding carboxylic acids is 1. The van der Waals surface area contributed by atoms with Crippen LogP contribution in [-0.4, -0.2) is 23.0 Å². The zero-order chi connectivity index (χ0) is 15.6. The van der Waals surface area contributed by atoms with Gasteiger partial charge in [0.1, 0.15) is 5.82 Å². The van der Waals surface area contributed by atoms with Gasteiger partial charge < -0.3 is 4.74 Å². The fourth-order valence-electron chi connectivity index (χ4n) is 1.43. The molecule has 0 aliphatic carbocycles. The molecular formula is C13H11FN2O2. The maximum atomic E-state index is 13.9. The first-order chi connectivity index (χ1) is 9.84. The Hall–Kier alpha value is -2.30. The number of hydrogen-bond donors (Lipinski definition) is 0. The lowest BCUT2D eigenvalue weighted by molar-refractivity contribution is 0.0587. The third-order valence-electron chi connectivity index (χ3n) is 2.29. The first kappa shape index (κ1) is 8.74. The van der Waals surface area contributed by atoms with Gasteiger partial charge in [-0.2, -0.15) is 0 Å². The number of carbonyl (C=O) groups is 1. The van der Waals surface area contributed by atoms with Crippen LogP contribution in [0.3, 0.4) is 0 Å². The van der Waals surface area contributed by atoms with Crippen LogP contribution in [-0.2, 0) is 4.74 Å². The summed E-state index contributed by atoms with van der Waals surface area (Å²) in [6.07, 6.45) is 0.994. The van der Waals surface area contributed by atoms with Crippen LogP contribution in [0.15, 0.2) is 30.5 Å². The lowest BCUT2D eigenvalue weighted by Crippen LogP contribution is -2.09. The molecule has 0 bridgehead atoms. The predicted molar refractivity (Wildman–Crippen MR) is 63.5 cm³/mol. The van der Waals surface area contributed by atoms with Crippen LogP contribution in [0.2, 0.25) is 0 Å². The van der Waals surface area contributed by atoms with Crippen LogP contribution in [0.25, 0.3) is 11.3 Å². The van der Waals surface area contributed by atoms with Crippen LogP contribution < -0.4 is 0 Å². The van der Waals surface area contributed by atoms with Gasteiger partial charge in [-0.15, -0.1) is 0 Å². The Balaban J connectivity index is 2.71. The summed E-state index contributed by atoms with van der Waals surface area (Å²) >= 11 is 0. The second kappa shape index (κ2) is 4.91. The highest BCUT2D eigenvalue weighted by molar-refractivity contribution is 5.85. The lowest BCUT2D eigenvalue weighted by atomic mass is 10.1. The summed E-state index contributed by atoms with van der Waals surface area (Å²) in [7, 11) is 1.14. The summed E-state index contributed by atoms with van der Waals surface area (Å²) in [6.45, 7) is -2.54. The standard InChI is InChI=1S/C13H11FN2O2/c1-8-7-15-12(13(17)18-2)16-11(8)9-5-3-4-6-10(9)14/h3-7H,1-2H3/i1D3. The maximum Gasteiger partial charge on any atom is 0.376 e. The van der Waals surface area contributed by atoms with E-state index in [4.69, 9.17) is 4.11 Å². The highest BCUT2D eigenvalue weighted by Gasteiger charge is 2.14. The van der Waals surface area contributed by atoms with E-state index in [9.17, 15) is 9.18 Å². The van der Waals surface area contributed by atoms with Crippen LogP contribution in [0.4, 0.5) is 4.39 Å². The van der Waals surface area contributed by atoms with Gasteiger partial charge in [-0.3, -0.25) is 0 Å². The van der Waals surface area contributed by atoms with E-state index in [2.05, 4.69) is 14.7 Å². The van der Waals surface area contributed by atoms with Gasteiger partial charge in [-0.1, -0.05) is 12.1 Å². The number of benzene rings is 1. The van der Waals surface area contributed by atoms with Crippen molar-refractivity contribution in [2.45, 2.75) is 6.85 Å². The molecular weight excluding hydrogens is 235 g/mol. The molecule has 0 saturated carbocycles. The summed E-state index contributed by atoms with van der Waals surface area (Å²) in [4.78, 5) is 19.0. The smallest absolute Gasteiger partial charge is 0.376 e. The molecule has 1 heterocycles. The molecule has 18 heavy (non-hydrogen) atoms. The minimum atomic E-state index is -2.54. The van der Waals surface area contributed by atoms with Crippen molar-refractivity contribution in [2.75, 3.05) is 7.11 Å². The van der Waals surface area contributed by atoms with Crippen molar-refractivity contribution < 1.29 is 18.0 Å². The number of aromatic nitrogens is 2. The normalized spacial score (nSPS) is 13.3. The molecule has 0 spiro atoms. The van der Waals surface area contributed by atoms with E-state index >= 15 is 0 Å². The molecule has 2 rings (SSSR count). The van der Waals surface area contributed by atoms with Crippen molar-refractivity contribution in [3.8, 4) is 11.3 Å². The molecule has 0 radical (unpaired) electrons. The lowest BCUT2D eigenvalue weighted by Gasteiger charge is -2.07. The molecule has 4 nitrogen and oxygen atoms in total. The molecule has 5 heteroatoms. The van der Waals surface area contributed by atoms with Crippen molar-refractivity contribution in [2.24, 2.45) is 0 Å². The molecule has 0 atom stereocenters. The number of rotatable bonds is 2. The van der Waals surface area contributed by atoms with Crippen LogP contribution in [0.5, 0.6) is 0 Å². The molecule has 0 saturated heterocycles. The number of ether oxygens (including phenoxy) is 1. The average Bonchev–Trinajstić information content (AvgIpc) is 2.45. The highest BCUT2D eigenvalue weighted by Crippen LogP contribution is 2.23. The SMILES string of the molecule is [2H]C([2H])([2H])c1cnc(C(=O)OC)nc1-c1ccccc1F. The Morgan fingerprint density at radius 1 is 1.44 bits per heavy atom. The van der Waals surface area contributed by atoms with Gasteiger partial charge in [0.05, 0.1) is 12.8 Å². The Morgan fingerprint density at radius 2 is 2.22 bits per heavy atom. The van der Waals surface area contributed by atoms with Crippen molar-refractivity contribution in [3.63, 3.8) is 0 Å². The van der Waals surface area contributed by atoms with Crippen LogP contribution in [0, 0.1) is 12.7 Å². The van der Waals surface area contributed by atoms with Crippen molar-refractivity contribution in [1.82, 2.24) is 9.97 Å². The molecule has 2 aromatic rings. The van der Waals surface area contributed by atoms with E-state index in [1.54, 1.807) is 6.07 Å². The van der Waals surface area contributed by atoms with Gasteiger partial charge in [-0.05, 0) is 24.5 Å². The maximum absolute atomic E-state index is 13.9. The number of esters is 1. The summed E-state index contributed by atoms with van der Waals surface area (Å²) in [6, 6.07) is 5.57. The highest BCUT2D eigenvalue weighted by atomic mass is 19.1. The van der Waals surface area contributed by atoms with Gasteiger partial charge in [0.2, 0.25) is 5.82 Å². The molecule has 0 fully saturated rings. The molecule has 0 unspecified atom stereocenters. The second-order valence-electron chi connectivity index (χ2n) is 3.43. The van der Waals surface area contributed by atoms with Crippen LogP contribution in [0.1, 0.15) is 20.3 Å². The number of halogens is 1. The Morgan fingerprint density at radius 3 is 2.89 bits per heavy atom. The van der Waals surface area contributed by atoms with Gasteiger partial charge >= 0.3 is 5.97 Å². The van der Waals surface area contributed by atoms with Crippen molar-refractivity contribution >= 4 is 5.97 Å². The monoisotopic (exact) mass is 249 g/mol. The summed E-state index contributed by atoms with van der Waals surface area (Å²) in [5, 5.41) is 0. The molecule has 1 aromatic heterocycles. The quantitative estimate of drug-likeness (QED) is 0.767.